The van der Waals surface area contributed by atoms with E-state index in [1.54, 1.807) is 0 Å². The Hall–Kier alpha value is -1.55. The zero-order valence-electron chi connectivity index (χ0n) is 11.9. The second-order valence-electron chi connectivity index (χ2n) is 4.46. The van der Waals surface area contributed by atoms with Gasteiger partial charge in [0.15, 0.2) is 0 Å². The summed E-state index contributed by atoms with van der Waals surface area (Å²) >= 11 is 0. The summed E-state index contributed by atoms with van der Waals surface area (Å²) in [5.41, 5.74) is 7.38. The van der Waals surface area contributed by atoms with Gasteiger partial charge in [-0.2, -0.15) is 0 Å². The summed E-state index contributed by atoms with van der Waals surface area (Å²) < 4.78 is 5.47. The van der Waals surface area contributed by atoms with Crippen LogP contribution in [0.2, 0.25) is 0 Å². The fraction of sp³-hybridized carbons (Fsp3) is 0.533. The first kappa shape index (κ1) is 15.5. The van der Waals surface area contributed by atoms with E-state index in [4.69, 9.17) is 10.5 Å². The molecule has 0 spiro atoms. The van der Waals surface area contributed by atoms with Crippen molar-refractivity contribution in [2.75, 3.05) is 11.9 Å². The summed E-state index contributed by atoms with van der Waals surface area (Å²) in [6.07, 6.45) is 3.71. The number of rotatable bonds is 8. The van der Waals surface area contributed by atoms with Crippen LogP contribution in [-0.2, 0) is 11.3 Å². The summed E-state index contributed by atoms with van der Waals surface area (Å²) in [5.74, 6) is 0.842. The van der Waals surface area contributed by atoms with E-state index in [-0.39, 0.29) is 5.91 Å². The Morgan fingerprint density at radius 3 is 2.74 bits per heavy atom. The van der Waals surface area contributed by atoms with Crippen LogP contribution in [0.15, 0.2) is 18.2 Å². The average molecular weight is 264 g/mol. The molecule has 3 N–H and O–H groups in total. The smallest absolute Gasteiger partial charge is 0.224 e. The Morgan fingerprint density at radius 1 is 1.32 bits per heavy atom. The molecule has 0 atom stereocenters. The predicted molar refractivity (Wildman–Crippen MR) is 78.3 cm³/mol. The molecule has 0 bridgehead atoms. The van der Waals surface area contributed by atoms with Crippen molar-refractivity contribution in [3.8, 4) is 5.75 Å². The highest BCUT2D eigenvalue weighted by Crippen LogP contribution is 2.22. The topological polar surface area (TPSA) is 64.3 Å². The molecule has 4 heteroatoms. The molecule has 4 nitrogen and oxygen atoms in total. The number of hydrogen-bond donors (Lipinski definition) is 2. The van der Waals surface area contributed by atoms with Gasteiger partial charge in [0.05, 0.1) is 6.61 Å². The summed E-state index contributed by atoms with van der Waals surface area (Å²) in [5, 5.41) is 2.89. The Morgan fingerprint density at radius 2 is 2.11 bits per heavy atom. The summed E-state index contributed by atoms with van der Waals surface area (Å²) in [6.45, 7) is 5.06. The molecule has 0 aromatic heterocycles. The van der Waals surface area contributed by atoms with Crippen LogP contribution >= 0.6 is 0 Å². The van der Waals surface area contributed by atoms with Crippen molar-refractivity contribution in [1.82, 2.24) is 0 Å². The molecule has 0 unspecified atom stereocenters. The number of amides is 1. The summed E-state index contributed by atoms with van der Waals surface area (Å²) in [7, 11) is 0. The van der Waals surface area contributed by atoms with Crippen LogP contribution in [0.5, 0.6) is 5.75 Å². The first-order chi connectivity index (χ1) is 9.21. The van der Waals surface area contributed by atoms with Gasteiger partial charge in [-0.05, 0) is 31.5 Å². The molecule has 0 saturated carbocycles. The number of ether oxygens (including phenoxy) is 1. The molecule has 0 saturated heterocycles. The molecule has 0 aliphatic rings. The van der Waals surface area contributed by atoms with E-state index in [1.165, 1.54) is 0 Å². The van der Waals surface area contributed by atoms with E-state index in [9.17, 15) is 4.79 Å². The van der Waals surface area contributed by atoms with Gasteiger partial charge in [0.25, 0.3) is 0 Å². The third-order valence-electron chi connectivity index (χ3n) is 2.87. The molecule has 0 heterocycles. The third kappa shape index (κ3) is 5.30. The van der Waals surface area contributed by atoms with Crippen molar-refractivity contribution >= 4 is 11.6 Å². The van der Waals surface area contributed by atoms with Gasteiger partial charge in [-0.3, -0.25) is 4.79 Å². The molecular weight excluding hydrogens is 240 g/mol. The molecule has 1 aromatic carbocycles. The SMILES string of the molecule is CCCCCC(=O)Nc1ccc(OCC)c(CN)c1. The van der Waals surface area contributed by atoms with Crippen LogP contribution in [-0.4, -0.2) is 12.5 Å². The number of anilines is 1. The maximum atomic E-state index is 11.7. The van der Waals surface area contributed by atoms with Crippen molar-refractivity contribution < 1.29 is 9.53 Å². The van der Waals surface area contributed by atoms with Crippen molar-refractivity contribution in [3.05, 3.63) is 23.8 Å². The molecule has 106 valence electrons. The Bertz CT molecular complexity index is 405. The number of nitrogens with two attached hydrogens (primary N) is 1. The minimum atomic E-state index is 0.0561. The van der Waals surface area contributed by atoms with E-state index in [0.29, 0.717) is 19.6 Å². The van der Waals surface area contributed by atoms with Crippen LogP contribution in [0, 0.1) is 0 Å². The van der Waals surface area contributed by atoms with Crippen LogP contribution in [0.3, 0.4) is 0 Å². The molecule has 0 aliphatic heterocycles. The third-order valence-corrected chi connectivity index (χ3v) is 2.87. The Kier molecular flexibility index (Phi) is 6.97. The number of carbonyl (C=O) groups is 1. The summed E-state index contributed by atoms with van der Waals surface area (Å²) in [4.78, 5) is 11.7. The highest BCUT2D eigenvalue weighted by molar-refractivity contribution is 5.90. The molecule has 0 fully saturated rings. The lowest BCUT2D eigenvalue weighted by atomic mass is 10.1. The first-order valence-corrected chi connectivity index (χ1v) is 6.96. The molecule has 1 aromatic rings. The molecule has 0 radical (unpaired) electrons. The standard InChI is InChI=1S/C15H24N2O2/c1-3-5-6-7-15(18)17-13-8-9-14(19-4-2)12(10-13)11-16/h8-10H,3-7,11,16H2,1-2H3,(H,17,18). The molecule has 19 heavy (non-hydrogen) atoms. The molecular formula is C15H24N2O2. The highest BCUT2D eigenvalue weighted by Gasteiger charge is 2.06. The van der Waals surface area contributed by atoms with Gasteiger partial charge in [0.1, 0.15) is 5.75 Å². The fourth-order valence-corrected chi connectivity index (χ4v) is 1.87. The molecule has 1 rings (SSSR count). The van der Waals surface area contributed by atoms with Crippen molar-refractivity contribution in [2.45, 2.75) is 46.1 Å². The molecule has 0 aliphatic carbocycles. The maximum Gasteiger partial charge on any atom is 0.224 e. The average Bonchev–Trinajstić information content (AvgIpc) is 2.41. The zero-order valence-corrected chi connectivity index (χ0v) is 11.9. The monoisotopic (exact) mass is 264 g/mol. The Labute approximate surface area is 115 Å². The zero-order chi connectivity index (χ0) is 14.1. The van der Waals surface area contributed by atoms with Gasteiger partial charge in [0, 0.05) is 24.2 Å². The second-order valence-corrected chi connectivity index (χ2v) is 4.46. The lowest BCUT2D eigenvalue weighted by molar-refractivity contribution is -0.116. The second kappa shape index (κ2) is 8.53. The number of unbranched alkanes of at least 4 members (excludes halogenated alkanes) is 2. The van der Waals surface area contributed by atoms with E-state index >= 15 is 0 Å². The highest BCUT2D eigenvalue weighted by atomic mass is 16.5. The van der Waals surface area contributed by atoms with Gasteiger partial charge in [0.2, 0.25) is 5.91 Å². The quantitative estimate of drug-likeness (QED) is 0.709. The van der Waals surface area contributed by atoms with Crippen molar-refractivity contribution in [3.63, 3.8) is 0 Å². The van der Waals surface area contributed by atoms with E-state index in [2.05, 4.69) is 12.2 Å². The fourth-order valence-electron chi connectivity index (χ4n) is 1.87. The van der Waals surface area contributed by atoms with Crippen molar-refractivity contribution in [2.24, 2.45) is 5.73 Å². The predicted octanol–water partition coefficient (Wildman–Crippen LogP) is 3.06. The largest absolute Gasteiger partial charge is 0.494 e. The normalized spacial score (nSPS) is 10.3. The van der Waals surface area contributed by atoms with Gasteiger partial charge in [-0.25, -0.2) is 0 Å². The minimum absolute atomic E-state index is 0.0561. The lowest BCUT2D eigenvalue weighted by Gasteiger charge is -2.11. The maximum absolute atomic E-state index is 11.7. The van der Waals surface area contributed by atoms with Gasteiger partial charge >= 0.3 is 0 Å². The van der Waals surface area contributed by atoms with E-state index < -0.39 is 0 Å². The van der Waals surface area contributed by atoms with Crippen LogP contribution < -0.4 is 15.8 Å². The summed E-state index contributed by atoms with van der Waals surface area (Å²) in [6, 6.07) is 5.58. The molecule has 1 amide bonds. The lowest BCUT2D eigenvalue weighted by Crippen LogP contribution is -2.12. The van der Waals surface area contributed by atoms with E-state index in [1.807, 2.05) is 25.1 Å². The van der Waals surface area contributed by atoms with Gasteiger partial charge < -0.3 is 15.8 Å². The van der Waals surface area contributed by atoms with E-state index in [0.717, 1.165) is 36.3 Å². The Balaban J connectivity index is 2.61. The number of benzene rings is 1. The van der Waals surface area contributed by atoms with Crippen LogP contribution in [0.25, 0.3) is 0 Å². The minimum Gasteiger partial charge on any atom is -0.494 e. The van der Waals surface area contributed by atoms with Crippen LogP contribution in [0.4, 0.5) is 5.69 Å². The number of carbonyl (C=O) groups excluding carboxylic acids is 1. The van der Waals surface area contributed by atoms with Gasteiger partial charge in [-0.1, -0.05) is 19.8 Å². The number of hydrogen-bond acceptors (Lipinski definition) is 3. The number of nitrogens with one attached hydrogen (secondary N) is 1. The first-order valence-electron chi connectivity index (χ1n) is 6.96. The van der Waals surface area contributed by atoms with Crippen LogP contribution in [0.1, 0.15) is 45.1 Å². The van der Waals surface area contributed by atoms with Crippen molar-refractivity contribution in [1.29, 1.82) is 0 Å². The van der Waals surface area contributed by atoms with Gasteiger partial charge in [-0.15, -0.1) is 0 Å².